The lowest BCUT2D eigenvalue weighted by Crippen LogP contribution is -2.31. The Labute approximate surface area is 124 Å². The van der Waals surface area contributed by atoms with Crippen molar-refractivity contribution in [2.75, 3.05) is 12.3 Å². The summed E-state index contributed by atoms with van der Waals surface area (Å²) in [5.41, 5.74) is 0. The van der Waals surface area contributed by atoms with Crippen LogP contribution in [-0.4, -0.2) is 18.3 Å². The van der Waals surface area contributed by atoms with E-state index in [2.05, 4.69) is 59.4 Å². The molecule has 1 unspecified atom stereocenters. The van der Waals surface area contributed by atoms with Crippen LogP contribution in [0.1, 0.15) is 39.5 Å². The van der Waals surface area contributed by atoms with E-state index in [4.69, 9.17) is 0 Å². The van der Waals surface area contributed by atoms with Crippen molar-refractivity contribution >= 4 is 27.7 Å². The number of hydrogen-bond acceptors (Lipinski definition) is 2. The molecule has 1 atom stereocenters. The molecule has 3 heteroatoms. The van der Waals surface area contributed by atoms with Crippen molar-refractivity contribution in [3.63, 3.8) is 0 Å². The minimum Gasteiger partial charge on any atom is -0.313 e. The summed E-state index contributed by atoms with van der Waals surface area (Å²) in [7, 11) is 0. The second kappa shape index (κ2) is 9.88. The molecule has 1 nitrogen and oxygen atoms in total. The molecule has 0 aliphatic rings. The van der Waals surface area contributed by atoms with Crippen LogP contribution < -0.4 is 5.32 Å². The Morgan fingerprint density at radius 3 is 2.50 bits per heavy atom. The second-order valence-electron chi connectivity index (χ2n) is 4.56. The summed E-state index contributed by atoms with van der Waals surface area (Å²) in [5.74, 6) is 1.17. The zero-order chi connectivity index (χ0) is 13.2. The van der Waals surface area contributed by atoms with Gasteiger partial charge in [0.15, 0.2) is 0 Å². The van der Waals surface area contributed by atoms with E-state index in [1.807, 2.05) is 11.8 Å². The van der Waals surface area contributed by atoms with Crippen LogP contribution in [0.25, 0.3) is 0 Å². The number of thioether (sulfide) groups is 1. The largest absolute Gasteiger partial charge is 0.313 e. The summed E-state index contributed by atoms with van der Waals surface area (Å²) in [6, 6.07) is 9.25. The lowest BCUT2D eigenvalue weighted by Gasteiger charge is -2.17. The fourth-order valence-electron chi connectivity index (χ4n) is 1.77. The van der Waals surface area contributed by atoms with Crippen molar-refractivity contribution in [1.82, 2.24) is 5.32 Å². The van der Waals surface area contributed by atoms with Gasteiger partial charge in [0.2, 0.25) is 0 Å². The Morgan fingerprint density at radius 1 is 1.17 bits per heavy atom. The first-order valence-corrected chi connectivity index (χ1v) is 8.65. The smallest absolute Gasteiger partial charge is 0.0176 e. The maximum absolute atomic E-state index is 3.66. The maximum Gasteiger partial charge on any atom is 0.0176 e. The van der Waals surface area contributed by atoms with Gasteiger partial charge < -0.3 is 5.32 Å². The third-order valence-electron chi connectivity index (χ3n) is 2.85. The van der Waals surface area contributed by atoms with Gasteiger partial charge in [0.25, 0.3) is 0 Å². The van der Waals surface area contributed by atoms with Crippen molar-refractivity contribution in [3.8, 4) is 0 Å². The molecule has 102 valence electrons. The Hall–Kier alpha value is 0.01000. The number of benzene rings is 1. The Bertz CT molecular complexity index is 305. The van der Waals surface area contributed by atoms with E-state index < -0.39 is 0 Å². The van der Waals surface area contributed by atoms with E-state index in [0.29, 0.717) is 6.04 Å². The molecule has 0 aromatic heterocycles. The van der Waals surface area contributed by atoms with Gasteiger partial charge in [0.05, 0.1) is 0 Å². The van der Waals surface area contributed by atoms with Gasteiger partial charge in [-0.1, -0.05) is 42.6 Å². The molecule has 0 spiro atoms. The third kappa shape index (κ3) is 6.81. The zero-order valence-electron chi connectivity index (χ0n) is 11.4. The molecule has 0 heterocycles. The van der Waals surface area contributed by atoms with Crippen LogP contribution in [0, 0.1) is 0 Å². The highest BCUT2D eigenvalue weighted by molar-refractivity contribution is 9.10. The summed E-state index contributed by atoms with van der Waals surface area (Å²) < 4.78 is 1.15. The van der Waals surface area contributed by atoms with Crippen LogP contribution in [0.5, 0.6) is 0 Å². The van der Waals surface area contributed by atoms with Crippen LogP contribution in [0.15, 0.2) is 33.6 Å². The van der Waals surface area contributed by atoms with Crippen LogP contribution in [0.4, 0.5) is 0 Å². The molecular formula is C15H24BrNS. The number of halogens is 1. The predicted molar refractivity (Wildman–Crippen MR) is 86.5 cm³/mol. The summed E-state index contributed by atoms with van der Waals surface area (Å²) >= 11 is 5.43. The minimum atomic E-state index is 0.651. The normalized spacial score (nSPS) is 12.6. The van der Waals surface area contributed by atoms with Gasteiger partial charge in [0.1, 0.15) is 0 Å². The molecule has 0 aliphatic heterocycles. The molecule has 18 heavy (non-hydrogen) atoms. The fraction of sp³-hybridized carbons (Fsp3) is 0.600. The van der Waals surface area contributed by atoms with Crippen molar-refractivity contribution in [3.05, 3.63) is 28.7 Å². The van der Waals surface area contributed by atoms with E-state index >= 15 is 0 Å². The highest BCUT2D eigenvalue weighted by Crippen LogP contribution is 2.22. The molecule has 1 N–H and O–H groups in total. The highest BCUT2D eigenvalue weighted by atomic mass is 79.9. The maximum atomic E-state index is 3.66. The SMILES string of the molecule is CCCCC(CSc1ccc(Br)cc1)NCCC. The van der Waals surface area contributed by atoms with Crippen molar-refractivity contribution in [2.45, 2.75) is 50.5 Å². The Morgan fingerprint density at radius 2 is 1.89 bits per heavy atom. The Balaban J connectivity index is 2.37. The topological polar surface area (TPSA) is 12.0 Å². The summed E-state index contributed by atoms with van der Waals surface area (Å²) in [4.78, 5) is 1.36. The first-order chi connectivity index (χ1) is 8.76. The van der Waals surface area contributed by atoms with Crippen molar-refractivity contribution in [1.29, 1.82) is 0 Å². The average Bonchev–Trinajstić information content (AvgIpc) is 2.40. The Kier molecular flexibility index (Phi) is 8.82. The van der Waals surface area contributed by atoms with Gasteiger partial charge in [-0.2, -0.15) is 0 Å². The van der Waals surface area contributed by atoms with Crippen molar-refractivity contribution in [2.24, 2.45) is 0 Å². The minimum absolute atomic E-state index is 0.651. The van der Waals surface area contributed by atoms with Gasteiger partial charge >= 0.3 is 0 Å². The number of rotatable bonds is 9. The number of unbranched alkanes of at least 4 members (excludes halogenated alkanes) is 1. The quantitative estimate of drug-likeness (QED) is 0.632. The molecule has 0 bridgehead atoms. The van der Waals surface area contributed by atoms with Gasteiger partial charge in [-0.05, 0) is 43.7 Å². The van der Waals surface area contributed by atoms with Crippen LogP contribution >= 0.6 is 27.7 Å². The predicted octanol–water partition coefficient (Wildman–Crippen LogP) is 5.10. The van der Waals surface area contributed by atoms with Crippen LogP contribution in [-0.2, 0) is 0 Å². The molecule has 1 rings (SSSR count). The number of hydrogen-bond donors (Lipinski definition) is 1. The standard InChI is InChI=1S/C15H24BrNS/c1-3-5-6-14(17-11-4-2)12-18-15-9-7-13(16)8-10-15/h7-10,14,17H,3-6,11-12H2,1-2H3. The van der Waals surface area contributed by atoms with E-state index in [9.17, 15) is 0 Å². The van der Waals surface area contributed by atoms with E-state index in [-0.39, 0.29) is 0 Å². The summed E-state index contributed by atoms with van der Waals surface area (Å²) in [6.45, 7) is 5.62. The fourth-order valence-corrected chi connectivity index (χ4v) is 3.04. The van der Waals surface area contributed by atoms with E-state index in [1.165, 1.54) is 36.3 Å². The average molecular weight is 330 g/mol. The zero-order valence-corrected chi connectivity index (χ0v) is 13.8. The monoisotopic (exact) mass is 329 g/mol. The van der Waals surface area contributed by atoms with Crippen LogP contribution in [0.3, 0.4) is 0 Å². The van der Waals surface area contributed by atoms with Gasteiger partial charge in [-0.3, -0.25) is 0 Å². The van der Waals surface area contributed by atoms with E-state index in [1.54, 1.807) is 0 Å². The van der Waals surface area contributed by atoms with Crippen molar-refractivity contribution < 1.29 is 0 Å². The lowest BCUT2D eigenvalue weighted by molar-refractivity contribution is 0.501. The molecule has 0 fully saturated rings. The first-order valence-electron chi connectivity index (χ1n) is 6.88. The summed E-state index contributed by atoms with van der Waals surface area (Å²) in [5, 5.41) is 3.66. The van der Waals surface area contributed by atoms with E-state index in [0.717, 1.165) is 11.0 Å². The molecule has 0 saturated heterocycles. The van der Waals surface area contributed by atoms with Gasteiger partial charge in [0, 0.05) is 21.2 Å². The van der Waals surface area contributed by atoms with Gasteiger partial charge in [-0.25, -0.2) is 0 Å². The number of nitrogens with one attached hydrogen (secondary N) is 1. The first kappa shape index (κ1) is 16.1. The molecule has 0 saturated carbocycles. The summed E-state index contributed by atoms with van der Waals surface area (Å²) in [6.07, 6.45) is 5.11. The molecule has 0 aliphatic carbocycles. The van der Waals surface area contributed by atoms with Crippen LogP contribution in [0.2, 0.25) is 0 Å². The third-order valence-corrected chi connectivity index (χ3v) is 4.56. The molecular weight excluding hydrogens is 306 g/mol. The second-order valence-corrected chi connectivity index (χ2v) is 6.57. The molecule has 1 aromatic carbocycles. The molecule has 0 amide bonds. The molecule has 1 aromatic rings. The highest BCUT2D eigenvalue weighted by Gasteiger charge is 2.07. The molecule has 0 radical (unpaired) electrons. The lowest BCUT2D eigenvalue weighted by atomic mass is 10.1. The van der Waals surface area contributed by atoms with Gasteiger partial charge in [-0.15, -0.1) is 11.8 Å².